The van der Waals surface area contributed by atoms with Crippen molar-refractivity contribution in [2.45, 2.75) is 6.54 Å². The lowest BCUT2D eigenvalue weighted by Gasteiger charge is -2.34. The van der Waals surface area contributed by atoms with Crippen molar-refractivity contribution >= 4 is 29.1 Å². The number of piperazine rings is 1. The van der Waals surface area contributed by atoms with Gasteiger partial charge in [-0.25, -0.2) is 0 Å². The van der Waals surface area contributed by atoms with E-state index in [9.17, 15) is 0 Å². The molecule has 0 saturated carbocycles. The van der Waals surface area contributed by atoms with Gasteiger partial charge in [0.1, 0.15) is 0 Å². The SMILES string of the molecule is Clc1ccc(CN2CCN(c3cnsn3)CC2)cc1. The number of nitrogens with zero attached hydrogens (tertiary/aromatic N) is 4. The van der Waals surface area contributed by atoms with E-state index in [1.165, 1.54) is 17.3 Å². The molecule has 0 N–H and O–H groups in total. The zero-order valence-corrected chi connectivity index (χ0v) is 12.1. The third-order valence-corrected chi connectivity index (χ3v) is 4.09. The first-order valence-corrected chi connectivity index (χ1v) is 7.41. The minimum absolute atomic E-state index is 0.796. The smallest absolute Gasteiger partial charge is 0.162 e. The number of halogens is 1. The molecule has 1 aromatic carbocycles. The van der Waals surface area contributed by atoms with Crippen molar-refractivity contribution in [1.29, 1.82) is 0 Å². The molecule has 1 aromatic heterocycles. The van der Waals surface area contributed by atoms with Crippen LogP contribution in [0.15, 0.2) is 30.5 Å². The van der Waals surface area contributed by atoms with Crippen LogP contribution in [0.2, 0.25) is 5.02 Å². The molecule has 0 atom stereocenters. The first-order chi connectivity index (χ1) is 9.31. The van der Waals surface area contributed by atoms with Crippen LogP contribution in [0.25, 0.3) is 0 Å². The Hall–Kier alpha value is -1.17. The fraction of sp³-hybridized carbons (Fsp3) is 0.385. The lowest BCUT2D eigenvalue weighted by atomic mass is 10.2. The van der Waals surface area contributed by atoms with Gasteiger partial charge < -0.3 is 4.90 Å². The van der Waals surface area contributed by atoms with Crippen LogP contribution in [0.1, 0.15) is 5.56 Å². The van der Waals surface area contributed by atoms with Gasteiger partial charge in [-0.15, -0.1) is 0 Å². The van der Waals surface area contributed by atoms with Crippen molar-refractivity contribution in [1.82, 2.24) is 13.6 Å². The first-order valence-electron chi connectivity index (χ1n) is 6.30. The molecule has 1 saturated heterocycles. The molecule has 1 aliphatic rings. The summed E-state index contributed by atoms with van der Waals surface area (Å²) < 4.78 is 8.34. The van der Waals surface area contributed by atoms with E-state index in [0.717, 1.165) is 43.6 Å². The zero-order valence-electron chi connectivity index (χ0n) is 10.5. The van der Waals surface area contributed by atoms with Crippen LogP contribution in [0, 0.1) is 0 Å². The van der Waals surface area contributed by atoms with E-state index in [1.807, 2.05) is 18.3 Å². The van der Waals surface area contributed by atoms with Crippen molar-refractivity contribution in [2.75, 3.05) is 31.1 Å². The van der Waals surface area contributed by atoms with Gasteiger partial charge in [0.2, 0.25) is 0 Å². The van der Waals surface area contributed by atoms with Gasteiger partial charge in [-0.1, -0.05) is 23.7 Å². The van der Waals surface area contributed by atoms with E-state index in [-0.39, 0.29) is 0 Å². The second kappa shape index (κ2) is 5.86. The van der Waals surface area contributed by atoms with Crippen molar-refractivity contribution in [2.24, 2.45) is 0 Å². The summed E-state index contributed by atoms with van der Waals surface area (Å²) in [6, 6.07) is 8.10. The van der Waals surface area contributed by atoms with E-state index >= 15 is 0 Å². The maximum Gasteiger partial charge on any atom is 0.162 e. The number of rotatable bonds is 3. The van der Waals surface area contributed by atoms with E-state index in [4.69, 9.17) is 11.6 Å². The fourth-order valence-electron chi connectivity index (χ4n) is 2.28. The number of hydrogen-bond donors (Lipinski definition) is 0. The Balaban J connectivity index is 1.54. The Morgan fingerprint density at radius 3 is 2.47 bits per heavy atom. The summed E-state index contributed by atoms with van der Waals surface area (Å²) in [7, 11) is 0. The first kappa shape index (κ1) is 12.8. The Kier molecular flexibility index (Phi) is 3.96. The normalized spacial score (nSPS) is 16.8. The molecule has 0 spiro atoms. The molecular formula is C13H15ClN4S. The second-order valence-electron chi connectivity index (χ2n) is 4.66. The van der Waals surface area contributed by atoms with Gasteiger partial charge in [0, 0.05) is 37.7 Å². The third-order valence-electron chi connectivity index (χ3n) is 3.37. The van der Waals surface area contributed by atoms with Gasteiger partial charge in [0.25, 0.3) is 0 Å². The molecule has 2 aromatic rings. The molecule has 19 heavy (non-hydrogen) atoms. The van der Waals surface area contributed by atoms with Gasteiger partial charge in [-0.05, 0) is 17.7 Å². The molecule has 1 fully saturated rings. The van der Waals surface area contributed by atoms with Crippen molar-refractivity contribution in [3.8, 4) is 0 Å². The standard InChI is InChI=1S/C13H15ClN4S/c14-12-3-1-11(2-4-12)10-17-5-7-18(8-6-17)13-9-15-19-16-13/h1-4,9H,5-8,10H2. The Bertz CT molecular complexity index is 506. The summed E-state index contributed by atoms with van der Waals surface area (Å²) in [5.41, 5.74) is 1.31. The molecule has 100 valence electrons. The zero-order chi connectivity index (χ0) is 13.1. The molecule has 1 aliphatic heterocycles. The molecule has 3 rings (SSSR count). The Morgan fingerprint density at radius 2 is 1.84 bits per heavy atom. The fourth-order valence-corrected chi connectivity index (χ4v) is 2.84. The maximum atomic E-state index is 5.90. The topological polar surface area (TPSA) is 32.3 Å². The van der Waals surface area contributed by atoms with E-state index in [0.29, 0.717) is 0 Å². The van der Waals surface area contributed by atoms with Gasteiger partial charge in [-0.2, -0.15) is 8.75 Å². The predicted molar refractivity (Wildman–Crippen MR) is 78.9 cm³/mol. The van der Waals surface area contributed by atoms with Gasteiger partial charge in [0.15, 0.2) is 5.82 Å². The van der Waals surface area contributed by atoms with Crippen molar-refractivity contribution < 1.29 is 0 Å². The summed E-state index contributed by atoms with van der Waals surface area (Å²) in [6.45, 7) is 5.12. The Morgan fingerprint density at radius 1 is 1.11 bits per heavy atom. The minimum atomic E-state index is 0.796. The van der Waals surface area contributed by atoms with E-state index < -0.39 is 0 Å². The summed E-state index contributed by atoms with van der Waals surface area (Å²) in [5, 5.41) is 0.796. The lowest BCUT2D eigenvalue weighted by molar-refractivity contribution is 0.249. The summed E-state index contributed by atoms with van der Waals surface area (Å²) in [4.78, 5) is 4.75. The highest BCUT2D eigenvalue weighted by atomic mass is 35.5. The molecule has 2 heterocycles. The maximum absolute atomic E-state index is 5.90. The number of aromatic nitrogens is 2. The van der Waals surface area contributed by atoms with Crippen LogP contribution in [-0.2, 0) is 6.54 Å². The van der Waals surface area contributed by atoms with Crippen LogP contribution in [0.3, 0.4) is 0 Å². The van der Waals surface area contributed by atoms with Crippen molar-refractivity contribution in [3.05, 3.63) is 41.0 Å². The van der Waals surface area contributed by atoms with Gasteiger partial charge in [-0.3, -0.25) is 4.90 Å². The van der Waals surface area contributed by atoms with Crippen LogP contribution in [-0.4, -0.2) is 39.8 Å². The monoisotopic (exact) mass is 294 g/mol. The Labute approximate surface area is 121 Å². The molecule has 0 bridgehead atoms. The molecule has 6 heteroatoms. The molecule has 4 nitrogen and oxygen atoms in total. The van der Waals surface area contributed by atoms with Crippen LogP contribution in [0.4, 0.5) is 5.82 Å². The quantitative estimate of drug-likeness (QED) is 0.871. The molecule has 0 amide bonds. The summed E-state index contributed by atoms with van der Waals surface area (Å²) in [5.74, 6) is 1.01. The van der Waals surface area contributed by atoms with Crippen LogP contribution in [0.5, 0.6) is 0 Å². The van der Waals surface area contributed by atoms with Crippen LogP contribution >= 0.6 is 23.3 Å². The van der Waals surface area contributed by atoms with Crippen LogP contribution < -0.4 is 4.90 Å². The molecule has 0 radical (unpaired) electrons. The third kappa shape index (κ3) is 3.23. The minimum Gasteiger partial charge on any atom is -0.352 e. The average molecular weight is 295 g/mol. The van der Waals surface area contributed by atoms with Gasteiger partial charge in [0.05, 0.1) is 17.9 Å². The highest BCUT2D eigenvalue weighted by Crippen LogP contribution is 2.16. The second-order valence-corrected chi connectivity index (χ2v) is 5.65. The lowest BCUT2D eigenvalue weighted by Crippen LogP contribution is -2.46. The predicted octanol–water partition coefficient (Wildman–Crippen LogP) is 2.51. The molecule has 0 aliphatic carbocycles. The number of benzene rings is 1. The van der Waals surface area contributed by atoms with E-state index in [1.54, 1.807) is 0 Å². The highest BCUT2D eigenvalue weighted by molar-refractivity contribution is 6.99. The van der Waals surface area contributed by atoms with E-state index in [2.05, 4.69) is 30.7 Å². The van der Waals surface area contributed by atoms with Gasteiger partial charge >= 0.3 is 0 Å². The molecule has 0 unspecified atom stereocenters. The summed E-state index contributed by atoms with van der Waals surface area (Å²) in [6.07, 6.45) is 1.85. The highest BCUT2D eigenvalue weighted by Gasteiger charge is 2.18. The number of anilines is 1. The average Bonchev–Trinajstić information content (AvgIpc) is 2.96. The van der Waals surface area contributed by atoms with Crippen molar-refractivity contribution in [3.63, 3.8) is 0 Å². The summed E-state index contributed by atoms with van der Waals surface area (Å²) >= 11 is 7.17. The largest absolute Gasteiger partial charge is 0.352 e. The molecular weight excluding hydrogens is 280 g/mol. The number of hydrogen-bond acceptors (Lipinski definition) is 5.